The van der Waals surface area contributed by atoms with Gasteiger partial charge >= 0.3 is 0 Å². The molecule has 2 saturated heterocycles. The first-order valence-corrected chi connectivity index (χ1v) is 10.7. The second-order valence-corrected chi connectivity index (χ2v) is 8.49. The molecule has 2 aliphatic rings. The lowest BCUT2D eigenvalue weighted by molar-refractivity contribution is 0.0736. The van der Waals surface area contributed by atoms with Crippen molar-refractivity contribution < 1.29 is 14.6 Å². The molecule has 0 saturated carbocycles. The summed E-state index contributed by atoms with van der Waals surface area (Å²) in [6, 6.07) is 15.0. The van der Waals surface area contributed by atoms with Crippen LogP contribution in [0, 0.1) is 13.8 Å². The Labute approximate surface area is 173 Å². The summed E-state index contributed by atoms with van der Waals surface area (Å²) >= 11 is 0. The molecular formula is C24H32N2O3. The van der Waals surface area contributed by atoms with Gasteiger partial charge in [-0.1, -0.05) is 18.2 Å². The molecule has 0 bridgehead atoms. The van der Waals surface area contributed by atoms with Gasteiger partial charge in [-0.2, -0.15) is 0 Å². The average Bonchev–Trinajstić information content (AvgIpc) is 3.30. The molecular weight excluding hydrogens is 364 g/mol. The second kappa shape index (κ2) is 9.16. The van der Waals surface area contributed by atoms with Gasteiger partial charge in [-0.05, 0) is 74.2 Å². The molecule has 0 radical (unpaired) electrons. The van der Waals surface area contributed by atoms with Crippen molar-refractivity contribution in [3.8, 4) is 11.5 Å². The van der Waals surface area contributed by atoms with Crippen LogP contribution in [0.4, 0.5) is 0 Å². The largest absolute Gasteiger partial charge is 0.492 e. The fraction of sp³-hybridized carbons (Fsp3) is 0.500. The number of hydrogen-bond acceptors (Lipinski definition) is 5. The second-order valence-electron chi connectivity index (χ2n) is 8.49. The van der Waals surface area contributed by atoms with Crippen molar-refractivity contribution in [1.29, 1.82) is 0 Å². The van der Waals surface area contributed by atoms with Crippen LogP contribution < -0.4 is 14.8 Å². The fourth-order valence-electron chi connectivity index (χ4n) is 4.30. The van der Waals surface area contributed by atoms with Crippen LogP contribution in [0.3, 0.4) is 0 Å². The number of β-amino-alcohol motifs (C(OH)–C–C–N with tert-alkyl or cyclic N) is 1. The van der Waals surface area contributed by atoms with Crippen molar-refractivity contribution >= 4 is 0 Å². The number of ether oxygens (including phenoxy) is 2. The lowest BCUT2D eigenvalue weighted by Crippen LogP contribution is -2.30. The van der Waals surface area contributed by atoms with Crippen LogP contribution in [-0.2, 0) is 6.54 Å². The number of likely N-dealkylation sites (tertiary alicyclic amines) is 1. The third kappa shape index (κ3) is 5.50. The number of hydrogen-bond donors (Lipinski definition) is 2. The third-order valence-electron chi connectivity index (χ3n) is 5.74. The summed E-state index contributed by atoms with van der Waals surface area (Å²) in [6.07, 6.45) is 1.76. The molecule has 0 unspecified atom stereocenters. The molecule has 2 aromatic carbocycles. The zero-order valence-electron chi connectivity index (χ0n) is 17.4. The first kappa shape index (κ1) is 20.2. The monoisotopic (exact) mass is 396 g/mol. The maximum atomic E-state index is 10.5. The zero-order valence-corrected chi connectivity index (χ0v) is 17.4. The Hall–Kier alpha value is -2.08. The van der Waals surface area contributed by atoms with Gasteiger partial charge < -0.3 is 19.9 Å². The van der Waals surface area contributed by atoms with E-state index in [-0.39, 0.29) is 6.10 Å². The quantitative estimate of drug-likeness (QED) is 0.753. The van der Waals surface area contributed by atoms with Crippen molar-refractivity contribution in [2.45, 2.75) is 51.5 Å². The summed E-state index contributed by atoms with van der Waals surface area (Å²) in [6.45, 7) is 8.11. The predicted molar refractivity (Wildman–Crippen MR) is 115 cm³/mol. The molecule has 4 rings (SSSR count). The molecule has 2 heterocycles. The van der Waals surface area contributed by atoms with Crippen LogP contribution in [-0.4, -0.2) is 54.5 Å². The molecule has 2 aliphatic heterocycles. The van der Waals surface area contributed by atoms with Crippen molar-refractivity contribution in [3.05, 3.63) is 59.2 Å². The molecule has 0 aromatic heterocycles. The molecule has 2 fully saturated rings. The van der Waals surface area contributed by atoms with Gasteiger partial charge in [0.05, 0.1) is 0 Å². The van der Waals surface area contributed by atoms with E-state index in [0.717, 1.165) is 37.7 Å². The number of aliphatic hydroxyl groups excluding tert-OH is 1. The van der Waals surface area contributed by atoms with Crippen LogP contribution in [0.1, 0.15) is 29.5 Å². The van der Waals surface area contributed by atoms with Gasteiger partial charge in [-0.25, -0.2) is 0 Å². The first-order chi connectivity index (χ1) is 14.0. The van der Waals surface area contributed by atoms with E-state index in [1.807, 2.05) is 24.3 Å². The fourth-order valence-corrected chi connectivity index (χ4v) is 4.30. The first-order valence-electron chi connectivity index (χ1n) is 10.7. The van der Waals surface area contributed by atoms with Crippen molar-refractivity contribution in [1.82, 2.24) is 10.2 Å². The van der Waals surface area contributed by atoms with Crippen molar-refractivity contribution in [2.75, 3.05) is 26.2 Å². The maximum absolute atomic E-state index is 10.5. The van der Waals surface area contributed by atoms with E-state index in [1.165, 1.54) is 29.5 Å². The highest BCUT2D eigenvalue weighted by atomic mass is 16.5. The van der Waals surface area contributed by atoms with Crippen molar-refractivity contribution in [3.63, 3.8) is 0 Å². The van der Waals surface area contributed by atoms with Crippen LogP contribution in [0.2, 0.25) is 0 Å². The number of nitrogens with one attached hydrogen (secondary N) is 1. The Morgan fingerprint density at radius 1 is 1.03 bits per heavy atom. The molecule has 3 atom stereocenters. The highest BCUT2D eigenvalue weighted by Gasteiger charge is 2.33. The minimum Gasteiger partial charge on any atom is -0.492 e. The van der Waals surface area contributed by atoms with Gasteiger partial charge in [-0.15, -0.1) is 0 Å². The smallest absolute Gasteiger partial charge is 0.138 e. The Kier molecular flexibility index (Phi) is 6.38. The standard InChI is InChI=1S/C24H32N2O3/c1-17-10-18(2)12-22(11-17)29-24-15-26(14-23(24)27)13-19-5-7-21(8-6-19)28-16-20-4-3-9-25-20/h5-8,10-12,20,23-25,27H,3-4,9,13-16H2,1-2H3/t20-,23-,24-/m0/s1. The Bertz CT molecular complexity index is 782. The van der Waals surface area contributed by atoms with Crippen LogP contribution in [0.15, 0.2) is 42.5 Å². The minimum atomic E-state index is -0.475. The van der Waals surface area contributed by atoms with Crippen LogP contribution in [0.5, 0.6) is 11.5 Å². The normalized spacial score (nSPS) is 24.7. The Balaban J connectivity index is 1.28. The minimum absolute atomic E-state index is 0.197. The van der Waals surface area contributed by atoms with E-state index in [1.54, 1.807) is 0 Å². The van der Waals surface area contributed by atoms with Crippen LogP contribution >= 0.6 is 0 Å². The summed E-state index contributed by atoms with van der Waals surface area (Å²) in [5.74, 6) is 1.76. The SMILES string of the molecule is Cc1cc(C)cc(O[C@H]2CN(Cc3ccc(OC[C@@H]4CCCN4)cc3)C[C@@H]2O)c1. The maximum Gasteiger partial charge on any atom is 0.138 e. The van der Waals surface area contributed by atoms with Gasteiger partial charge in [0, 0.05) is 25.7 Å². The highest BCUT2D eigenvalue weighted by Crippen LogP contribution is 2.23. The third-order valence-corrected chi connectivity index (χ3v) is 5.74. The van der Waals surface area contributed by atoms with Crippen molar-refractivity contribution in [2.24, 2.45) is 0 Å². The molecule has 5 nitrogen and oxygen atoms in total. The van der Waals surface area contributed by atoms with E-state index < -0.39 is 6.10 Å². The van der Waals surface area contributed by atoms with Gasteiger partial charge in [0.25, 0.3) is 0 Å². The van der Waals surface area contributed by atoms with Gasteiger partial charge in [0.1, 0.15) is 30.3 Å². The molecule has 156 valence electrons. The number of rotatable bonds is 7. The Morgan fingerprint density at radius 2 is 1.79 bits per heavy atom. The van der Waals surface area contributed by atoms with E-state index >= 15 is 0 Å². The summed E-state index contributed by atoms with van der Waals surface area (Å²) in [5, 5.41) is 13.9. The molecule has 29 heavy (non-hydrogen) atoms. The zero-order chi connectivity index (χ0) is 20.2. The number of aliphatic hydroxyl groups is 1. The lowest BCUT2D eigenvalue weighted by atomic mass is 10.1. The molecule has 5 heteroatoms. The molecule has 2 aromatic rings. The van der Waals surface area contributed by atoms with E-state index in [2.05, 4.69) is 42.3 Å². The van der Waals surface area contributed by atoms with E-state index in [4.69, 9.17) is 9.47 Å². The molecule has 0 amide bonds. The van der Waals surface area contributed by atoms with E-state index in [0.29, 0.717) is 12.6 Å². The summed E-state index contributed by atoms with van der Waals surface area (Å²) in [7, 11) is 0. The topological polar surface area (TPSA) is 54.0 Å². The highest BCUT2D eigenvalue weighted by molar-refractivity contribution is 5.33. The van der Waals surface area contributed by atoms with Gasteiger partial charge in [0.15, 0.2) is 0 Å². The van der Waals surface area contributed by atoms with Gasteiger partial charge in [-0.3, -0.25) is 4.90 Å². The van der Waals surface area contributed by atoms with Crippen LogP contribution in [0.25, 0.3) is 0 Å². The molecule has 2 N–H and O–H groups in total. The van der Waals surface area contributed by atoms with E-state index in [9.17, 15) is 5.11 Å². The number of nitrogens with zero attached hydrogens (tertiary/aromatic N) is 1. The molecule has 0 spiro atoms. The predicted octanol–water partition coefficient (Wildman–Crippen LogP) is 3.06. The average molecular weight is 397 g/mol. The number of benzene rings is 2. The molecule has 0 aliphatic carbocycles. The summed E-state index contributed by atoms with van der Waals surface area (Å²) < 4.78 is 12.0. The lowest BCUT2D eigenvalue weighted by Gasteiger charge is -2.18. The summed E-state index contributed by atoms with van der Waals surface area (Å²) in [4.78, 5) is 2.25. The number of aryl methyl sites for hydroxylation is 2. The summed E-state index contributed by atoms with van der Waals surface area (Å²) in [5.41, 5.74) is 3.57. The Morgan fingerprint density at radius 3 is 2.48 bits per heavy atom. The van der Waals surface area contributed by atoms with Gasteiger partial charge in [0.2, 0.25) is 0 Å².